The lowest BCUT2D eigenvalue weighted by molar-refractivity contribution is -0.121. The van der Waals surface area contributed by atoms with Crippen molar-refractivity contribution in [1.82, 2.24) is 4.98 Å². The second-order valence-corrected chi connectivity index (χ2v) is 9.11. The van der Waals surface area contributed by atoms with Gasteiger partial charge in [0, 0.05) is 34.3 Å². The number of hydrogen-bond donors (Lipinski definition) is 2. The molecule has 3 amide bonds. The van der Waals surface area contributed by atoms with Crippen molar-refractivity contribution in [1.29, 1.82) is 0 Å². The van der Waals surface area contributed by atoms with Gasteiger partial charge in [0.2, 0.25) is 11.8 Å². The second kappa shape index (κ2) is 9.07. The molecule has 0 saturated carbocycles. The molecule has 8 heteroatoms. The van der Waals surface area contributed by atoms with Gasteiger partial charge in [-0.05, 0) is 66.0 Å². The number of fused-ring (bicyclic) bond motifs is 1. The second-order valence-electron chi connectivity index (χ2n) is 7.84. The Morgan fingerprint density at radius 1 is 1.06 bits per heavy atom. The van der Waals surface area contributed by atoms with Gasteiger partial charge in [-0.15, -0.1) is 11.8 Å². The van der Waals surface area contributed by atoms with E-state index in [1.54, 1.807) is 49.6 Å². The Labute approximate surface area is 200 Å². The number of anilines is 2. The molecule has 0 bridgehead atoms. The number of H-pyrrole nitrogens is 1. The van der Waals surface area contributed by atoms with Gasteiger partial charge in [-0.1, -0.05) is 12.1 Å². The third-order valence-electron chi connectivity index (χ3n) is 5.62. The summed E-state index contributed by atoms with van der Waals surface area (Å²) in [4.78, 5) is 43.5. The predicted octanol–water partition coefficient (Wildman–Crippen LogP) is 4.85. The van der Waals surface area contributed by atoms with Crippen molar-refractivity contribution in [2.75, 3.05) is 17.3 Å². The summed E-state index contributed by atoms with van der Waals surface area (Å²) in [6, 6.07) is 21.5. The van der Waals surface area contributed by atoms with Crippen LogP contribution in [-0.4, -0.2) is 35.1 Å². The fourth-order valence-corrected chi connectivity index (χ4v) is 5.01. The maximum Gasteiger partial charge on any atom is 0.255 e. The largest absolute Gasteiger partial charge is 0.497 e. The van der Waals surface area contributed by atoms with Crippen LogP contribution in [0, 0.1) is 0 Å². The first kappa shape index (κ1) is 21.8. The molecule has 2 N–H and O–H groups in total. The normalized spacial score (nSPS) is 15.7. The van der Waals surface area contributed by atoms with Crippen molar-refractivity contribution in [3.05, 3.63) is 84.6 Å². The topological polar surface area (TPSA) is 91.5 Å². The number of carbonyl (C=O) groups excluding carboxylic acids is 3. The van der Waals surface area contributed by atoms with Gasteiger partial charge >= 0.3 is 0 Å². The molecule has 1 aliphatic heterocycles. The lowest BCUT2D eigenvalue weighted by atomic mass is 10.2. The van der Waals surface area contributed by atoms with E-state index in [0.717, 1.165) is 15.8 Å². The van der Waals surface area contributed by atoms with Crippen LogP contribution in [0.25, 0.3) is 10.9 Å². The molecular formula is C26H21N3O4S. The monoisotopic (exact) mass is 471 g/mol. The van der Waals surface area contributed by atoms with Crippen molar-refractivity contribution in [2.45, 2.75) is 16.6 Å². The molecule has 0 spiro atoms. The minimum Gasteiger partial charge on any atom is -0.497 e. The number of rotatable bonds is 6. The van der Waals surface area contributed by atoms with Gasteiger partial charge in [0.1, 0.15) is 5.75 Å². The van der Waals surface area contributed by atoms with Crippen molar-refractivity contribution in [2.24, 2.45) is 0 Å². The lowest BCUT2D eigenvalue weighted by Crippen LogP contribution is -2.31. The molecular weight excluding hydrogens is 450 g/mol. The number of methoxy groups -OCH3 is 1. The smallest absolute Gasteiger partial charge is 0.255 e. The summed E-state index contributed by atoms with van der Waals surface area (Å²) in [5.74, 6) is -0.0404. The van der Waals surface area contributed by atoms with Gasteiger partial charge in [0.05, 0.1) is 18.0 Å². The highest BCUT2D eigenvalue weighted by atomic mass is 32.2. The summed E-state index contributed by atoms with van der Waals surface area (Å²) in [6.45, 7) is 0. The Morgan fingerprint density at radius 2 is 1.88 bits per heavy atom. The first-order chi connectivity index (χ1) is 16.5. The number of benzene rings is 3. The van der Waals surface area contributed by atoms with E-state index < -0.39 is 5.25 Å². The van der Waals surface area contributed by atoms with Crippen molar-refractivity contribution in [3.63, 3.8) is 0 Å². The van der Waals surface area contributed by atoms with Gasteiger partial charge < -0.3 is 15.0 Å². The molecule has 5 rings (SSSR count). The number of amides is 3. The number of carbonyl (C=O) groups is 3. The quantitative estimate of drug-likeness (QED) is 0.392. The number of nitrogens with zero attached hydrogens (tertiary/aromatic N) is 1. The average molecular weight is 472 g/mol. The summed E-state index contributed by atoms with van der Waals surface area (Å²) in [5, 5.41) is 3.36. The SMILES string of the molecule is COc1ccc(C(=O)Nc2cccc(SC3CC(=O)N(c4ccc5cc[nH]c5c4)C3=O)c2)cc1. The van der Waals surface area contributed by atoms with Gasteiger partial charge in [0.25, 0.3) is 5.91 Å². The van der Waals surface area contributed by atoms with Crippen LogP contribution in [0.5, 0.6) is 5.75 Å². The van der Waals surface area contributed by atoms with E-state index >= 15 is 0 Å². The van der Waals surface area contributed by atoms with Gasteiger partial charge in [-0.2, -0.15) is 0 Å². The Morgan fingerprint density at radius 3 is 2.68 bits per heavy atom. The molecule has 1 aromatic heterocycles. The molecule has 1 atom stereocenters. The number of nitrogens with one attached hydrogen (secondary N) is 2. The van der Waals surface area contributed by atoms with E-state index in [-0.39, 0.29) is 24.1 Å². The van der Waals surface area contributed by atoms with Crippen LogP contribution in [0.4, 0.5) is 11.4 Å². The number of hydrogen-bond acceptors (Lipinski definition) is 5. The number of aromatic amines is 1. The van der Waals surface area contributed by atoms with E-state index in [2.05, 4.69) is 10.3 Å². The fourth-order valence-electron chi connectivity index (χ4n) is 3.90. The maximum absolute atomic E-state index is 13.1. The zero-order valence-corrected chi connectivity index (χ0v) is 19.1. The first-order valence-corrected chi connectivity index (χ1v) is 11.6. The highest BCUT2D eigenvalue weighted by Gasteiger charge is 2.40. The molecule has 2 heterocycles. The molecule has 1 saturated heterocycles. The van der Waals surface area contributed by atoms with Crippen molar-refractivity contribution in [3.8, 4) is 5.75 Å². The third-order valence-corrected chi connectivity index (χ3v) is 6.80. The predicted molar refractivity (Wildman–Crippen MR) is 132 cm³/mol. The zero-order chi connectivity index (χ0) is 23.7. The molecule has 170 valence electrons. The number of aromatic nitrogens is 1. The Bertz CT molecular complexity index is 1400. The van der Waals surface area contributed by atoms with Crippen LogP contribution in [0.15, 0.2) is 83.9 Å². The lowest BCUT2D eigenvalue weighted by Gasteiger charge is -2.15. The summed E-state index contributed by atoms with van der Waals surface area (Å²) in [6.07, 6.45) is 1.94. The van der Waals surface area contributed by atoms with Crippen LogP contribution in [-0.2, 0) is 9.59 Å². The van der Waals surface area contributed by atoms with Crippen molar-refractivity contribution < 1.29 is 19.1 Å². The summed E-state index contributed by atoms with van der Waals surface area (Å²) in [7, 11) is 1.57. The van der Waals surface area contributed by atoms with Gasteiger partial charge in [-0.25, -0.2) is 4.90 Å². The number of imide groups is 1. The van der Waals surface area contributed by atoms with Gasteiger partial charge in [-0.3, -0.25) is 14.4 Å². The minimum absolute atomic E-state index is 0.120. The highest BCUT2D eigenvalue weighted by molar-refractivity contribution is 8.00. The van der Waals surface area contributed by atoms with E-state index in [9.17, 15) is 14.4 Å². The first-order valence-electron chi connectivity index (χ1n) is 10.7. The van der Waals surface area contributed by atoms with Crippen LogP contribution in [0.2, 0.25) is 0 Å². The van der Waals surface area contributed by atoms with Crippen LogP contribution in [0.1, 0.15) is 16.8 Å². The maximum atomic E-state index is 13.1. The molecule has 3 aromatic carbocycles. The Balaban J connectivity index is 1.28. The van der Waals surface area contributed by atoms with E-state index in [1.807, 2.05) is 36.5 Å². The Hall–Kier alpha value is -4.04. The minimum atomic E-state index is -0.528. The molecule has 34 heavy (non-hydrogen) atoms. The zero-order valence-electron chi connectivity index (χ0n) is 18.3. The molecule has 1 aliphatic rings. The highest BCUT2D eigenvalue weighted by Crippen LogP contribution is 2.35. The number of thioether (sulfide) groups is 1. The van der Waals surface area contributed by atoms with Crippen LogP contribution < -0.4 is 15.0 Å². The van der Waals surface area contributed by atoms with Crippen LogP contribution in [0.3, 0.4) is 0 Å². The van der Waals surface area contributed by atoms with Crippen LogP contribution >= 0.6 is 11.8 Å². The van der Waals surface area contributed by atoms with E-state index in [4.69, 9.17) is 4.74 Å². The molecule has 1 fully saturated rings. The molecule has 0 aliphatic carbocycles. The van der Waals surface area contributed by atoms with Gasteiger partial charge in [0.15, 0.2) is 0 Å². The molecule has 4 aromatic rings. The summed E-state index contributed by atoms with van der Waals surface area (Å²) < 4.78 is 5.12. The summed E-state index contributed by atoms with van der Waals surface area (Å²) in [5.41, 5.74) is 2.55. The van der Waals surface area contributed by atoms with E-state index in [1.165, 1.54) is 16.7 Å². The number of ether oxygens (including phenoxy) is 1. The van der Waals surface area contributed by atoms with Crippen molar-refractivity contribution >= 4 is 51.8 Å². The van der Waals surface area contributed by atoms with E-state index in [0.29, 0.717) is 22.7 Å². The fraction of sp³-hybridized carbons (Fsp3) is 0.115. The summed E-state index contributed by atoms with van der Waals surface area (Å²) >= 11 is 1.32. The average Bonchev–Trinajstić information content (AvgIpc) is 3.42. The standard InChI is InChI=1S/C26H21N3O4S/c1-33-20-9-6-17(7-10-20)25(31)28-18-3-2-4-21(13-18)34-23-15-24(30)29(26(23)32)19-8-5-16-11-12-27-22(16)14-19/h2-14,23,27H,15H2,1H3,(H,28,31). The third kappa shape index (κ3) is 4.27. The Kier molecular flexibility index (Phi) is 5.81. The molecule has 1 unspecified atom stereocenters. The molecule has 0 radical (unpaired) electrons. The molecule has 7 nitrogen and oxygen atoms in total.